The first-order chi connectivity index (χ1) is 10.0. The van der Waals surface area contributed by atoms with Gasteiger partial charge in [0.2, 0.25) is 0 Å². The first kappa shape index (κ1) is 14.1. The molecule has 0 unspecified atom stereocenters. The summed E-state index contributed by atoms with van der Waals surface area (Å²) in [5.41, 5.74) is 2.06. The van der Waals surface area contributed by atoms with Crippen LogP contribution >= 0.6 is 0 Å². The first-order valence-electron chi connectivity index (χ1n) is 6.81. The van der Waals surface area contributed by atoms with Crippen molar-refractivity contribution in [3.8, 4) is 11.5 Å². The van der Waals surface area contributed by atoms with Crippen molar-refractivity contribution in [1.29, 1.82) is 0 Å². The van der Waals surface area contributed by atoms with E-state index in [1.54, 1.807) is 0 Å². The van der Waals surface area contributed by atoms with Crippen LogP contribution in [0.4, 0.5) is 0 Å². The minimum atomic E-state index is -2.97. The largest absolute Gasteiger partial charge is 0.457 e. The molecule has 0 aliphatic carbocycles. The smallest absolute Gasteiger partial charge is 0.148 e. The molecule has 0 saturated carbocycles. The summed E-state index contributed by atoms with van der Waals surface area (Å²) in [4.78, 5) is 0. The van der Waals surface area contributed by atoms with E-state index in [1.165, 1.54) is 6.26 Å². The fourth-order valence-corrected chi connectivity index (χ4v) is 3.01. The molecule has 110 valence electrons. The number of para-hydroxylation sites is 2. The molecular formula is C16H17NO3S. The van der Waals surface area contributed by atoms with Gasteiger partial charge in [0.05, 0.1) is 11.8 Å². The Morgan fingerprint density at radius 2 is 1.52 bits per heavy atom. The lowest BCUT2D eigenvalue weighted by atomic mass is 9.94. The molecular weight excluding hydrogens is 286 g/mol. The van der Waals surface area contributed by atoms with E-state index < -0.39 is 9.84 Å². The molecule has 3 rings (SSSR count). The molecule has 2 aromatic rings. The van der Waals surface area contributed by atoms with Gasteiger partial charge in [-0.3, -0.25) is 0 Å². The SMILES string of the molecule is CS(=O)(=O)CCNC1c2ccccc2Oc2ccccc21. The Hall–Kier alpha value is -1.85. The maximum atomic E-state index is 11.3. The number of fused-ring (bicyclic) bond motifs is 2. The van der Waals surface area contributed by atoms with Crippen molar-refractivity contribution in [1.82, 2.24) is 5.32 Å². The predicted octanol–water partition coefficient (Wildman–Crippen LogP) is 2.52. The van der Waals surface area contributed by atoms with Crippen molar-refractivity contribution in [2.45, 2.75) is 6.04 Å². The Morgan fingerprint density at radius 3 is 2.05 bits per heavy atom. The van der Waals surface area contributed by atoms with Gasteiger partial charge in [0, 0.05) is 23.9 Å². The van der Waals surface area contributed by atoms with E-state index in [2.05, 4.69) is 5.32 Å². The van der Waals surface area contributed by atoms with Crippen LogP contribution in [-0.4, -0.2) is 27.0 Å². The molecule has 1 heterocycles. The molecule has 1 aliphatic heterocycles. The normalized spacial score (nSPS) is 14.1. The predicted molar refractivity (Wildman–Crippen MR) is 82.5 cm³/mol. The zero-order valence-corrected chi connectivity index (χ0v) is 12.6. The third kappa shape index (κ3) is 3.09. The van der Waals surface area contributed by atoms with Crippen molar-refractivity contribution in [3.63, 3.8) is 0 Å². The van der Waals surface area contributed by atoms with Crippen molar-refractivity contribution < 1.29 is 13.2 Å². The summed E-state index contributed by atoms with van der Waals surface area (Å²) in [7, 11) is -2.97. The fourth-order valence-electron chi connectivity index (χ4n) is 2.52. The average molecular weight is 303 g/mol. The van der Waals surface area contributed by atoms with Gasteiger partial charge in [0.25, 0.3) is 0 Å². The highest BCUT2D eigenvalue weighted by Crippen LogP contribution is 2.42. The third-order valence-corrected chi connectivity index (χ3v) is 4.45. The van der Waals surface area contributed by atoms with Crippen molar-refractivity contribution >= 4 is 9.84 Å². The number of ether oxygens (including phenoxy) is 1. The second-order valence-corrected chi connectivity index (χ2v) is 7.45. The summed E-state index contributed by atoms with van der Waals surface area (Å²) >= 11 is 0. The van der Waals surface area contributed by atoms with Gasteiger partial charge in [-0.25, -0.2) is 8.42 Å². The minimum Gasteiger partial charge on any atom is -0.457 e. The van der Waals surface area contributed by atoms with Crippen LogP contribution in [-0.2, 0) is 9.84 Å². The van der Waals surface area contributed by atoms with Crippen LogP contribution in [0.15, 0.2) is 48.5 Å². The van der Waals surface area contributed by atoms with Gasteiger partial charge in [-0.15, -0.1) is 0 Å². The standard InChI is InChI=1S/C16H17NO3S/c1-21(18,19)11-10-17-16-12-6-2-4-8-14(12)20-15-9-5-3-7-13(15)16/h2-9,16-17H,10-11H2,1H3. The van der Waals surface area contributed by atoms with E-state index >= 15 is 0 Å². The third-order valence-electron chi connectivity index (χ3n) is 3.50. The second-order valence-electron chi connectivity index (χ2n) is 5.19. The molecule has 0 aromatic heterocycles. The van der Waals surface area contributed by atoms with Gasteiger partial charge in [0.1, 0.15) is 21.3 Å². The molecule has 0 bridgehead atoms. The van der Waals surface area contributed by atoms with Crippen LogP contribution in [0.25, 0.3) is 0 Å². The number of rotatable bonds is 4. The molecule has 21 heavy (non-hydrogen) atoms. The summed E-state index contributed by atoms with van der Waals surface area (Å²) in [5.74, 6) is 1.75. The van der Waals surface area contributed by atoms with Crippen LogP contribution in [0, 0.1) is 0 Å². The Labute approximate surface area is 124 Å². The highest BCUT2D eigenvalue weighted by atomic mass is 32.2. The highest BCUT2D eigenvalue weighted by molar-refractivity contribution is 7.90. The Morgan fingerprint density at radius 1 is 1.00 bits per heavy atom. The van der Waals surface area contributed by atoms with Crippen LogP contribution in [0.2, 0.25) is 0 Å². The van der Waals surface area contributed by atoms with Crippen molar-refractivity contribution in [2.24, 2.45) is 0 Å². The molecule has 0 fully saturated rings. The van der Waals surface area contributed by atoms with E-state index in [9.17, 15) is 8.42 Å². The van der Waals surface area contributed by atoms with Crippen LogP contribution < -0.4 is 10.1 Å². The highest BCUT2D eigenvalue weighted by Gasteiger charge is 2.26. The molecule has 1 aliphatic rings. The zero-order valence-electron chi connectivity index (χ0n) is 11.7. The topological polar surface area (TPSA) is 55.4 Å². The molecule has 0 atom stereocenters. The lowest BCUT2D eigenvalue weighted by molar-refractivity contribution is 0.430. The van der Waals surface area contributed by atoms with Gasteiger partial charge in [-0.05, 0) is 12.1 Å². The van der Waals surface area contributed by atoms with Crippen LogP contribution in [0.1, 0.15) is 17.2 Å². The number of nitrogens with one attached hydrogen (secondary N) is 1. The van der Waals surface area contributed by atoms with E-state index in [1.807, 2.05) is 48.5 Å². The second kappa shape index (κ2) is 5.50. The molecule has 0 amide bonds. The van der Waals surface area contributed by atoms with Crippen LogP contribution in [0.3, 0.4) is 0 Å². The molecule has 5 heteroatoms. The Bertz CT molecular complexity index is 710. The summed E-state index contributed by atoms with van der Waals surface area (Å²) in [6.45, 7) is 0.409. The molecule has 1 N–H and O–H groups in total. The minimum absolute atomic E-state index is 0.0482. The number of sulfone groups is 1. The van der Waals surface area contributed by atoms with E-state index in [-0.39, 0.29) is 11.8 Å². The summed E-state index contributed by atoms with van der Waals surface area (Å²) in [6.07, 6.45) is 1.25. The zero-order chi connectivity index (χ0) is 14.9. The maximum Gasteiger partial charge on any atom is 0.148 e. The van der Waals surface area contributed by atoms with Gasteiger partial charge >= 0.3 is 0 Å². The summed E-state index contributed by atoms with van der Waals surface area (Å²) in [5, 5.41) is 3.33. The van der Waals surface area contributed by atoms with Gasteiger partial charge in [0.15, 0.2) is 0 Å². The molecule has 0 spiro atoms. The van der Waals surface area contributed by atoms with E-state index in [0.29, 0.717) is 6.54 Å². The van der Waals surface area contributed by atoms with Gasteiger partial charge < -0.3 is 10.1 Å². The average Bonchev–Trinajstić information content (AvgIpc) is 2.45. The molecule has 0 radical (unpaired) electrons. The Balaban J connectivity index is 1.91. The van der Waals surface area contributed by atoms with Crippen molar-refractivity contribution in [2.75, 3.05) is 18.6 Å². The lowest BCUT2D eigenvalue weighted by Crippen LogP contribution is -2.29. The number of hydrogen-bond donors (Lipinski definition) is 1. The van der Waals surface area contributed by atoms with Crippen molar-refractivity contribution in [3.05, 3.63) is 59.7 Å². The van der Waals surface area contributed by atoms with E-state index in [4.69, 9.17) is 4.74 Å². The monoisotopic (exact) mass is 303 g/mol. The fraction of sp³-hybridized carbons (Fsp3) is 0.250. The van der Waals surface area contributed by atoms with E-state index in [0.717, 1.165) is 22.6 Å². The quantitative estimate of drug-likeness (QED) is 0.943. The Kier molecular flexibility index (Phi) is 3.69. The van der Waals surface area contributed by atoms with Gasteiger partial charge in [-0.1, -0.05) is 36.4 Å². The van der Waals surface area contributed by atoms with Crippen LogP contribution in [0.5, 0.6) is 11.5 Å². The molecule has 2 aromatic carbocycles. The molecule has 4 nitrogen and oxygen atoms in total. The number of benzene rings is 2. The molecule has 0 saturated heterocycles. The number of hydrogen-bond acceptors (Lipinski definition) is 4. The summed E-state index contributed by atoms with van der Waals surface area (Å²) < 4.78 is 28.5. The maximum absolute atomic E-state index is 11.3. The first-order valence-corrected chi connectivity index (χ1v) is 8.87. The van der Waals surface area contributed by atoms with Gasteiger partial charge in [-0.2, -0.15) is 0 Å². The summed E-state index contributed by atoms with van der Waals surface area (Å²) in [6, 6.07) is 15.6. The lowest BCUT2D eigenvalue weighted by Gasteiger charge is -2.28.